The summed E-state index contributed by atoms with van der Waals surface area (Å²) in [7, 11) is 0. The van der Waals surface area contributed by atoms with Gasteiger partial charge in [0.15, 0.2) is 0 Å². The van der Waals surface area contributed by atoms with Gasteiger partial charge in [0.05, 0.1) is 10.4 Å². The zero-order chi connectivity index (χ0) is 12.5. The lowest BCUT2D eigenvalue weighted by atomic mass is 9.83. The van der Waals surface area contributed by atoms with Crippen LogP contribution in [0.15, 0.2) is 23.4 Å². The van der Waals surface area contributed by atoms with E-state index in [1.165, 1.54) is 0 Å². The Bertz CT molecular complexity index is 440. The molecule has 1 aliphatic rings. The van der Waals surface area contributed by atoms with Gasteiger partial charge < -0.3 is 4.90 Å². The van der Waals surface area contributed by atoms with Gasteiger partial charge in [-0.2, -0.15) is 0 Å². The quantitative estimate of drug-likeness (QED) is 0.623. The van der Waals surface area contributed by atoms with E-state index >= 15 is 0 Å². The van der Waals surface area contributed by atoms with Gasteiger partial charge in [0.25, 0.3) is 0 Å². The standard InChI is InChI=1S/C12H15ClN2OS/c1-3-15-7-12(2,11(15)16)8-17-10-9(13)5-4-6-14-10/h4-6H,3,7-8H2,1-2H3. The highest BCUT2D eigenvalue weighted by atomic mass is 35.5. The van der Waals surface area contributed by atoms with Crippen molar-refractivity contribution >= 4 is 29.3 Å². The number of β-lactam (4-membered cyclic amide) rings is 1. The number of thioether (sulfide) groups is 1. The number of amides is 1. The molecule has 1 saturated heterocycles. The number of hydrogen-bond acceptors (Lipinski definition) is 3. The summed E-state index contributed by atoms with van der Waals surface area (Å²) < 4.78 is 0. The average Bonchev–Trinajstić information content (AvgIpc) is 2.34. The molecule has 17 heavy (non-hydrogen) atoms. The Balaban J connectivity index is 1.96. The van der Waals surface area contributed by atoms with Crippen LogP contribution in [0, 0.1) is 5.41 Å². The highest BCUT2D eigenvalue weighted by Gasteiger charge is 2.47. The normalized spacial score (nSPS) is 23.7. The van der Waals surface area contributed by atoms with Crippen molar-refractivity contribution in [1.82, 2.24) is 9.88 Å². The second-order valence-electron chi connectivity index (χ2n) is 4.46. The van der Waals surface area contributed by atoms with Crippen LogP contribution in [0.2, 0.25) is 5.02 Å². The van der Waals surface area contributed by atoms with E-state index in [0.717, 1.165) is 23.9 Å². The maximum atomic E-state index is 11.9. The molecular formula is C12H15ClN2OS. The van der Waals surface area contributed by atoms with Crippen molar-refractivity contribution in [3.63, 3.8) is 0 Å². The minimum absolute atomic E-state index is 0.236. The molecule has 1 aliphatic heterocycles. The SMILES string of the molecule is CCN1CC(C)(CSc2ncccc2Cl)C1=O. The molecule has 1 aromatic heterocycles. The third-order valence-corrected chi connectivity index (χ3v) is 4.77. The molecule has 0 radical (unpaired) electrons. The van der Waals surface area contributed by atoms with Crippen molar-refractivity contribution in [2.75, 3.05) is 18.8 Å². The fourth-order valence-corrected chi connectivity index (χ4v) is 3.22. The van der Waals surface area contributed by atoms with E-state index in [2.05, 4.69) is 4.98 Å². The molecule has 3 nitrogen and oxygen atoms in total. The summed E-state index contributed by atoms with van der Waals surface area (Å²) in [5.41, 5.74) is -0.248. The minimum atomic E-state index is -0.248. The smallest absolute Gasteiger partial charge is 0.231 e. The van der Waals surface area contributed by atoms with E-state index in [-0.39, 0.29) is 11.3 Å². The molecule has 1 fully saturated rings. The first-order chi connectivity index (χ1) is 8.07. The van der Waals surface area contributed by atoms with Crippen LogP contribution in [0.3, 0.4) is 0 Å². The number of hydrogen-bond donors (Lipinski definition) is 0. The third kappa shape index (κ3) is 2.43. The van der Waals surface area contributed by atoms with E-state index < -0.39 is 0 Å². The van der Waals surface area contributed by atoms with Crippen LogP contribution in [0.4, 0.5) is 0 Å². The fourth-order valence-electron chi connectivity index (χ4n) is 1.92. The molecule has 1 amide bonds. The molecule has 0 aromatic carbocycles. The highest BCUT2D eigenvalue weighted by molar-refractivity contribution is 7.99. The number of nitrogens with zero attached hydrogens (tertiary/aromatic N) is 2. The second-order valence-corrected chi connectivity index (χ2v) is 5.83. The van der Waals surface area contributed by atoms with Crippen molar-refractivity contribution in [3.05, 3.63) is 23.4 Å². The number of carbonyl (C=O) groups is 1. The lowest BCUT2D eigenvalue weighted by molar-refractivity contribution is -0.155. The van der Waals surface area contributed by atoms with Crippen molar-refractivity contribution < 1.29 is 4.79 Å². The summed E-state index contributed by atoms with van der Waals surface area (Å²) in [5.74, 6) is 0.971. The van der Waals surface area contributed by atoms with Gasteiger partial charge in [0.2, 0.25) is 5.91 Å². The Morgan fingerprint density at radius 1 is 1.65 bits per heavy atom. The molecule has 0 saturated carbocycles. The molecule has 0 N–H and O–H groups in total. The zero-order valence-corrected chi connectivity index (χ0v) is 11.5. The summed E-state index contributed by atoms with van der Waals surface area (Å²) in [6.45, 7) is 5.63. The van der Waals surface area contributed by atoms with E-state index in [4.69, 9.17) is 11.6 Å². The predicted octanol–water partition coefficient (Wildman–Crippen LogP) is 2.70. The van der Waals surface area contributed by atoms with E-state index in [1.807, 2.05) is 24.8 Å². The molecule has 2 rings (SSSR count). The Kier molecular flexibility index (Phi) is 3.64. The average molecular weight is 271 g/mol. The van der Waals surface area contributed by atoms with E-state index in [1.54, 1.807) is 24.0 Å². The molecular weight excluding hydrogens is 256 g/mol. The van der Waals surface area contributed by atoms with Crippen LogP contribution in [-0.4, -0.2) is 34.6 Å². The first kappa shape index (κ1) is 12.7. The molecule has 1 unspecified atom stereocenters. The van der Waals surface area contributed by atoms with Gasteiger partial charge in [-0.05, 0) is 26.0 Å². The van der Waals surface area contributed by atoms with E-state index in [0.29, 0.717) is 5.02 Å². The van der Waals surface area contributed by atoms with Crippen LogP contribution in [-0.2, 0) is 4.79 Å². The fraction of sp³-hybridized carbons (Fsp3) is 0.500. The van der Waals surface area contributed by atoms with Crippen molar-refractivity contribution in [2.24, 2.45) is 5.41 Å². The van der Waals surface area contributed by atoms with Gasteiger partial charge >= 0.3 is 0 Å². The molecule has 5 heteroatoms. The van der Waals surface area contributed by atoms with Crippen LogP contribution >= 0.6 is 23.4 Å². The number of likely N-dealkylation sites (tertiary alicyclic amines) is 1. The van der Waals surface area contributed by atoms with Gasteiger partial charge in [-0.15, -0.1) is 11.8 Å². The predicted molar refractivity (Wildman–Crippen MR) is 70.3 cm³/mol. The highest BCUT2D eigenvalue weighted by Crippen LogP contribution is 2.37. The number of rotatable bonds is 4. The Labute approximate surface area is 111 Å². The summed E-state index contributed by atoms with van der Waals surface area (Å²) in [6, 6.07) is 3.63. The molecule has 0 bridgehead atoms. The monoisotopic (exact) mass is 270 g/mol. The van der Waals surface area contributed by atoms with Gasteiger partial charge in [0.1, 0.15) is 5.03 Å². The topological polar surface area (TPSA) is 33.2 Å². The number of pyridine rings is 1. The first-order valence-corrected chi connectivity index (χ1v) is 6.96. The Hall–Kier alpha value is -0.740. The van der Waals surface area contributed by atoms with Crippen LogP contribution in [0.25, 0.3) is 0 Å². The largest absolute Gasteiger partial charge is 0.341 e. The molecule has 1 aromatic rings. The summed E-state index contributed by atoms with van der Waals surface area (Å²) in [6.07, 6.45) is 1.72. The first-order valence-electron chi connectivity index (χ1n) is 5.59. The van der Waals surface area contributed by atoms with Crippen LogP contribution in [0.1, 0.15) is 13.8 Å². The molecule has 2 heterocycles. The third-order valence-electron chi connectivity index (χ3n) is 2.98. The summed E-state index contributed by atoms with van der Waals surface area (Å²) in [4.78, 5) is 18.0. The number of carbonyl (C=O) groups excluding carboxylic acids is 1. The second kappa shape index (κ2) is 4.86. The molecule has 0 aliphatic carbocycles. The van der Waals surface area contributed by atoms with Gasteiger partial charge in [-0.25, -0.2) is 4.98 Å². The van der Waals surface area contributed by atoms with Gasteiger partial charge in [-0.3, -0.25) is 4.79 Å². The van der Waals surface area contributed by atoms with Gasteiger partial charge in [-0.1, -0.05) is 11.6 Å². The molecule has 92 valence electrons. The lowest BCUT2D eigenvalue weighted by Crippen LogP contribution is -2.60. The van der Waals surface area contributed by atoms with Crippen molar-refractivity contribution in [3.8, 4) is 0 Å². The summed E-state index contributed by atoms with van der Waals surface area (Å²) >= 11 is 7.58. The van der Waals surface area contributed by atoms with Crippen molar-refractivity contribution in [2.45, 2.75) is 18.9 Å². The zero-order valence-electron chi connectivity index (χ0n) is 9.94. The number of aromatic nitrogens is 1. The van der Waals surface area contributed by atoms with E-state index in [9.17, 15) is 4.79 Å². The minimum Gasteiger partial charge on any atom is -0.341 e. The van der Waals surface area contributed by atoms with Gasteiger partial charge in [0, 0.05) is 25.0 Å². The number of halogens is 1. The summed E-state index contributed by atoms with van der Waals surface area (Å²) in [5, 5.41) is 1.46. The molecule has 1 atom stereocenters. The Morgan fingerprint density at radius 2 is 2.41 bits per heavy atom. The molecule has 0 spiro atoms. The Morgan fingerprint density at radius 3 is 3.00 bits per heavy atom. The van der Waals surface area contributed by atoms with Crippen molar-refractivity contribution in [1.29, 1.82) is 0 Å². The maximum Gasteiger partial charge on any atom is 0.231 e. The maximum absolute atomic E-state index is 11.9. The van der Waals surface area contributed by atoms with Crippen LogP contribution in [0.5, 0.6) is 0 Å². The van der Waals surface area contributed by atoms with Crippen LogP contribution < -0.4 is 0 Å². The lowest BCUT2D eigenvalue weighted by Gasteiger charge is -2.46.